The number of rotatable bonds is 8. The zero-order chi connectivity index (χ0) is 44.3. The fraction of sp³-hybridized carbons (Fsp3) is 0.0154. The third kappa shape index (κ3) is 6.18. The van der Waals surface area contributed by atoms with E-state index in [1.165, 1.54) is 66.4 Å². The zero-order valence-corrected chi connectivity index (χ0v) is 36.7. The molecular formula is C65H43NO. The summed E-state index contributed by atoms with van der Waals surface area (Å²) in [4.78, 5) is 2.48. The van der Waals surface area contributed by atoms with E-state index in [9.17, 15) is 0 Å². The Morgan fingerprint density at radius 2 is 0.851 bits per heavy atom. The second-order valence-corrected chi connectivity index (χ2v) is 17.6. The molecule has 0 saturated carbocycles. The van der Waals surface area contributed by atoms with Crippen LogP contribution in [-0.2, 0) is 5.41 Å². The van der Waals surface area contributed by atoms with Gasteiger partial charge in [-0.3, -0.25) is 0 Å². The molecule has 0 aliphatic heterocycles. The van der Waals surface area contributed by atoms with Gasteiger partial charge < -0.3 is 9.32 Å². The summed E-state index contributed by atoms with van der Waals surface area (Å²) < 4.78 is 6.55. The molecule has 314 valence electrons. The van der Waals surface area contributed by atoms with Crippen molar-refractivity contribution >= 4 is 49.8 Å². The van der Waals surface area contributed by atoms with E-state index in [1.54, 1.807) is 0 Å². The van der Waals surface area contributed by atoms with Crippen molar-refractivity contribution in [3.8, 4) is 44.5 Å². The van der Waals surface area contributed by atoms with Gasteiger partial charge in [0.25, 0.3) is 0 Å². The molecule has 0 amide bonds. The molecule has 0 atom stereocenters. The van der Waals surface area contributed by atoms with Crippen molar-refractivity contribution in [2.45, 2.75) is 5.41 Å². The van der Waals surface area contributed by atoms with Crippen molar-refractivity contribution in [2.75, 3.05) is 4.90 Å². The Kier molecular flexibility index (Phi) is 9.11. The normalized spacial score (nSPS) is 12.6. The number of furan rings is 1. The lowest BCUT2D eigenvalue weighted by Gasteiger charge is -2.35. The van der Waals surface area contributed by atoms with Crippen LogP contribution in [0.25, 0.3) is 77.2 Å². The molecule has 12 aromatic rings. The summed E-state index contributed by atoms with van der Waals surface area (Å²) >= 11 is 0. The molecular weight excluding hydrogens is 811 g/mol. The van der Waals surface area contributed by atoms with E-state index in [2.05, 4.69) is 260 Å². The lowest BCUT2D eigenvalue weighted by Crippen LogP contribution is -2.29. The Morgan fingerprint density at radius 1 is 0.343 bits per heavy atom. The first-order valence-electron chi connectivity index (χ1n) is 23.1. The van der Waals surface area contributed by atoms with Crippen LogP contribution in [0.3, 0.4) is 0 Å². The zero-order valence-electron chi connectivity index (χ0n) is 36.7. The van der Waals surface area contributed by atoms with E-state index in [0.717, 1.165) is 50.1 Å². The van der Waals surface area contributed by atoms with Gasteiger partial charge in [-0.1, -0.05) is 218 Å². The van der Waals surface area contributed by atoms with Gasteiger partial charge in [0.15, 0.2) is 0 Å². The van der Waals surface area contributed by atoms with Crippen molar-refractivity contribution in [3.63, 3.8) is 0 Å². The highest BCUT2D eigenvalue weighted by molar-refractivity contribution is 6.10. The average molecular weight is 854 g/mol. The molecule has 0 unspecified atom stereocenters. The van der Waals surface area contributed by atoms with Crippen LogP contribution in [0.15, 0.2) is 265 Å². The first kappa shape index (κ1) is 38.7. The Labute approximate surface area is 390 Å². The molecule has 11 aromatic carbocycles. The fourth-order valence-electron chi connectivity index (χ4n) is 11.0. The van der Waals surface area contributed by atoms with Gasteiger partial charge in [-0.25, -0.2) is 0 Å². The van der Waals surface area contributed by atoms with E-state index in [0.29, 0.717) is 0 Å². The van der Waals surface area contributed by atoms with Crippen LogP contribution in [0.4, 0.5) is 17.1 Å². The largest absolute Gasteiger partial charge is 0.455 e. The second kappa shape index (κ2) is 15.8. The number of benzene rings is 11. The highest BCUT2D eigenvalue weighted by Crippen LogP contribution is 2.62. The molecule has 1 heterocycles. The van der Waals surface area contributed by atoms with Crippen LogP contribution in [0.1, 0.15) is 22.3 Å². The van der Waals surface area contributed by atoms with Gasteiger partial charge in [0.2, 0.25) is 0 Å². The fourth-order valence-corrected chi connectivity index (χ4v) is 11.0. The smallest absolute Gasteiger partial charge is 0.143 e. The maximum Gasteiger partial charge on any atom is 0.143 e. The van der Waals surface area contributed by atoms with E-state index < -0.39 is 5.41 Å². The van der Waals surface area contributed by atoms with Gasteiger partial charge in [0.05, 0.1) is 11.1 Å². The lowest BCUT2D eigenvalue weighted by molar-refractivity contribution is 0.670. The van der Waals surface area contributed by atoms with Crippen LogP contribution in [0.5, 0.6) is 0 Å². The molecule has 2 nitrogen and oxygen atoms in total. The topological polar surface area (TPSA) is 16.4 Å². The Bertz CT molecular complexity index is 3720. The third-order valence-corrected chi connectivity index (χ3v) is 13.9. The molecule has 0 radical (unpaired) electrons. The third-order valence-electron chi connectivity index (χ3n) is 13.9. The maximum atomic E-state index is 6.55. The number of hydrogen-bond acceptors (Lipinski definition) is 2. The van der Waals surface area contributed by atoms with Crippen LogP contribution in [-0.4, -0.2) is 0 Å². The Morgan fingerprint density at radius 3 is 1.51 bits per heavy atom. The molecule has 0 spiro atoms. The van der Waals surface area contributed by atoms with Crippen LogP contribution in [0.2, 0.25) is 0 Å². The second-order valence-electron chi connectivity index (χ2n) is 17.6. The van der Waals surface area contributed by atoms with Gasteiger partial charge in [-0.15, -0.1) is 0 Å². The minimum atomic E-state index is -0.629. The summed E-state index contributed by atoms with van der Waals surface area (Å²) in [5, 5.41) is 4.67. The standard InChI is InChI=1S/C65H43NO/c1-5-18-44(19-6-1)46-32-37-52(38-33-46)66(53-39-34-47(35-40-53)55-29-17-30-57-56-28-15-16-31-61(56)67-64(55)57)60-43-49-22-13-14-27-54(49)63-62(60)58-42-48(45-20-7-2-8-21-45)36-41-59(58)65(63,50-23-9-3-10-24-50)51-25-11-4-12-26-51/h1-43H. The SMILES string of the molecule is c1ccc(-c2ccc(N(c3ccc(-c4cccc5c4oc4ccccc45)cc3)c3cc4ccccc4c4c3-c3cc(-c5ccccc5)ccc3C4(c3ccccc3)c3ccccc3)cc2)cc1. The lowest BCUT2D eigenvalue weighted by atomic mass is 9.66. The predicted molar refractivity (Wildman–Crippen MR) is 280 cm³/mol. The van der Waals surface area contributed by atoms with Crippen molar-refractivity contribution in [1.82, 2.24) is 0 Å². The molecule has 0 fully saturated rings. The molecule has 2 heteroatoms. The summed E-state index contributed by atoms with van der Waals surface area (Å²) in [6, 6.07) is 95.2. The first-order chi connectivity index (χ1) is 33.2. The molecule has 13 rings (SSSR count). The highest BCUT2D eigenvalue weighted by atomic mass is 16.3. The number of hydrogen-bond donors (Lipinski definition) is 0. The summed E-state index contributed by atoms with van der Waals surface area (Å²) in [6.45, 7) is 0. The number of nitrogens with zero attached hydrogens (tertiary/aromatic N) is 1. The highest BCUT2D eigenvalue weighted by Gasteiger charge is 2.49. The summed E-state index contributed by atoms with van der Waals surface area (Å²) in [7, 11) is 0. The van der Waals surface area contributed by atoms with Gasteiger partial charge >= 0.3 is 0 Å². The number of fused-ring (bicyclic) bond motifs is 8. The van der Waals surface area contributed by atoms with Crippen molar-refractivity contribution < 1.29 is 4.42 Å². The van der Waals surface area contributed by atoms with E-state index in [-0.39, 0.29) is 0 Å². The summed E-state index contributed by atoms with van der Waals surface area (Å²) in [5.74, 6) is 0. The van der Waals surface area contributed by atoms with Gasteiger partial charge in [-0.2, -0.15) is 0 Å². The molecule has 0 N–H and O–H groups in total. The monoisotopic (exact) mass is 853 g/mol. The number of para-hydroxylation sites is 2. The van der Waals surface area contributed by atoms with E-state index in [1.807, 2.05) is 6.07 Å². The first-order valence-corrected chi connectivity index (χ1v) is 23.1. The van der Waals surface area contributed by atoms with Gasteiger partial charge in [0.1, 0.15) is 11.2 Å². The minimum Gasteiger partial charge on any atom is -0.455 e. The molecule has 0 saturated heterocycles. The van der Waals surface area contributed by atoms with Crippen molar-refractivity contribution in [1.29, 1.82) is 0 Å². The maximum absolute atomic E-state index is 6.55. The van der Waals surface area contributed by atoms with Crippen LogP contribution in [0, 0.1) is 0 Å². The molecule has 1 aliphatic rings. The summed E-state index contributed by atoms with van der Waals surface area (Å²) in [5.41, 5.74) is 18.8. The van der Waals surface area contributed by atoms with E-state index in [4.69, 9.17) is 4.42 Å². The minimum absolute atomic E-state index is 0.629. The van der Waals surface area contributed by atoms with Gasteiger partial charge in [-0.05, 0) is 109 Å². The van der Waals surface area contributed by atoms with Crippen molar-refractivity contribution in [2.24, 2.45) is 0 Å². The van der Waals surface area contributed by atoms with Crippen LogP contribution < -0.4 is 4.90 Å². The Hall–Kier alpha value is -8.72. The molecule has 1 aromatic heterocycles. The predicted octanol–water partition coefficient (Wildman–Crippen LogP) is 17.6. The van der Waals surface area contributed by atoms with E-state index >= 15 is 0 Å². The molecule has 0 bridgehead atoms. The quantitative estimate of drug-likeness (QED) is 0.151. The molecule has 67 heavy (non-hydrogen) atoms. The number of anilines is 3. The Balaban J connectivity index is 1.11. The van der Waals surface area contributed by atoms with Crippen molar-refractivity contribution in [3.05, 3.63) is 283 Å². The van der Waals surface area contributed by atoms with Crippen LogP contribution >= 0.6 is 0 Å². The summed E-state index contributed by atoms with van der Waals surface area (Å²) in [6.07, 6.45) is 0. The average Bonchev–Trinajstić information content (AvgIpc) is 3.95. The van der Waals surface area contributed by atoms with Gasteiger partial charge in [0, 0.05) is 33.3 Å². The molecule has 1 aliphatic carbocycles.